The molecule has 0 aromatic carbocycles. The fraction of sp³-hybridized carbons (Fsp3) is 0.455. The van der Waals surface area contributed by atoms with Gasteiger partial charge in [0.05, 0.1) is 0 Å². The first-order chi connectivity index (χ1) is 9.15. The molecular weight excluding hydrogens is 268 g/mol. The van der Waals surface area contributed by atoms with E-state index < -0.39 is 11.5 Å². The average Bonchev–Trinajstić information content (AvgIpc) is 2.82. The number of carbonyl (C=O) groups is 1. The summed E-state index contributed by atoms with van der Waals surface area (Å²) in [6, 6.07) is 0.995. The molecule has 0 amide bonds. The Kier molecular flexibility index (Phi) is 2.94. The Labute approximate surface area is 112 Å². The van der Waals surface area contributed by atoms with Crippen LogP contribution in [0.4, 0.5) is 5.13 Å². The molecule has 3 heterocycles. The molecule has 2 aromatic heterocycles. The Balaban J connectivity index is 2.11. The van der Waals surface area contributed by atoms with Crippen molar-refractivity contribution < 1.29 is 9.90 Å². The van der Waals surface area contributed by atoms with Gasteiger partial charge in [0.2, 0.25) is 10.1 Å². The Morgan fingerprint density at radius 1 is 1.32 bits per heavy atom. The second kappa shape index (κ2) is 4.61. The molecule has 1 aliphatic rings. The van der Waals surface area contributed by atoms with Gasteiger partial charge in [0.15, 0.2) is 5.69 Å². The van der Waals surface area contributed by atoms with Crippen molar-refractivity contribution >= 4 is 27.4 Å². The fourth-order valence-electron chi connectivity index (χ4n) is 2.17. The fourth-order valence-corrected chi connectivity index (χ4v) is 3.13. The third kappa shape index (κ3) is 2.19. The van der Waals surface area contributed by atoms with E-state index in [4.69, 9.17) is 5.11 Å². The van der Waals surface area contributed by atoms with Crippen LogP contribution in [0.15, 0.2) is 10.9 Å². The maximum atomic E-state index is 11.4. The van der Waals surface area contributed by atoms with E-state index in [-0.39, 0.29) is 5.69 Å². The Morgan fingerprint density at radius 2 is 2.05 bits per heavy atom. The van der Waals surface area contributed by atoms with Gasteiger partial charge in [-0.05, 0) is 19.3 Å². The normalized spacial score (nSPS) is 15.9. The van der Waals surface area contributed by atoms with Gasteiger partial charge in [-0.2, -0.15) is 9.50 Å². The predicted molar refractivity (Wildman–Crippen MR) is 70.2 cm³/mol. The Bertz CT molecular complexity index is 687. The highest BCUT2D eigenvalue weighted by molar-refractivity contribution is 7.20. The number of aromatic carboxylic acids is 1. The second-order valence-corrected chi connectivity index (χ2v) is 5.35. The van der Waals surface area contributed by atoms with Gasteiger partial charge in [-0.15, -0.1) is 5.10 Å². The topological polar surface area (TPSA) is 87.8 Å². The molecule has 1 N–H and O–H groups in total. The molecule has 3 rings (SSSR count). The highest BCUT2D eigenvalue weighted by atomic mass is 32.1. The lowest BCUT2D eigenvalue weighted by Crippen LogP contribution is -2.29. The van der Waals surface area contributed by atoms with Gasteiger partial charge < -0.3 is 10.0 Å². The highest BCUT2D eigenvalue weighted by Gasteiger charge is 2.19. The third-order valence-corrected chi connectivity index (χ3v) is 4.06. The number of carboxylic acid groups (broad SMARTS) is 1. The maximum absolute atomic E-state index is 11.4. The van der Waals surface area contributed by atoms with Gasteiger partial charge in [-0.1, -0.05) is 11.3 Å². The van der Waals surface area contributed by atoms with Crippen LogP contribution in [0.25, 0.3) is 4.96 Å². The molecule has 2 aromatic rings. The van der Waals surface area contributed by atoms with E-state index in [1.165, 1.54) is 22.3 Å². The van der Waals surface area contributed by atoms with E-state index in [1.54, 1.807) is 0 Å². The molecule has 0 saturated carbocycles. The average molecular weight is 280 g/mol. The lowest BCUT2D eigenvalue weighted by Gasteiger charge is -2.25. The summed E-state index contributed by atoms with van der Waals surface area (Å²) in [6.07, 6.45) is 3.41. The molecule has 100 valence electrons. The first kappa shape index (κ1) is 12.1. The molecule has 8 heteroatoms. The van der Waals surface area contributed by atoms with E-state index >= 15 is 0 Å². The third-order valence-electron chi connectivity index (χ3n) is 3.09. The second-order valence-electron chi connectivity index (χ2n) is 4.41. The van der Waals surface area contributed by atoms with Crippen molar-refractivity contribution in [3.8, 4) is 0 Å². The standard InChI is InChI=1S/C11H12N4O3S/c16-8-6-7(9(17)18)15-10(12-8)19-11(13-15)14-4-2-1-3-5-14/h6H,1-5H2,(H,17,18). The van der Waals surface area contributed by atoms with Crippen LogP contribution in [0.5, 0.6) is 0 Å². The van der Waals surface area contributed by atoms with E-state index in [9.17, 15) is 9.59 Å². The molecule has 0 unspecified atom stereocenters. The van der Waals surface area contributed by atoms with Crippen LogP contribution in [0.1, 0.15) is 29.8 Å². The van der Waals surface area contributed by atoms with Crippen LogP contribution in [0, 0.1) is 0 Å². The Hall–Kier alpha value is -1.96. The summed E-state index contributed by atoms with van der Waals surface area (Å²) >= 11 is 1.25. The molecule has 0 radical (unpaired) electrons. The molecule has 1 aliphatic heterocycles. The van der Waals surface area contributed by atoms with Crippen LogP contribution in [-0.2, 0) is 0 Å². The summed E-state index contributed by atoms with van der Waals surface area (Å²) in [7, 11) is 0. The van der Waals surface area contributed by atoms with Gasteiger partial charge >= 0.3 is 5.97 Å². The van der Waals surface area contributed by atoms with Gasteiger partial charge in [0, 0.05) is 19.2 Å². The van der Waals surface area contributed by atoms with Crippen LogP contribution >= 0.6 is 11.3 Å². The number of carboxylic acids is 1. The van der Waals surface area contributed by atoms with Crippen molar-refractivity contribution in [2.75, 3.05) is 18.0 Å². The van der Waals surface area contributed by atoms with E-state index in [1.807, 2.05) is 0 Å². The summed E-state index contributed by atoms with van der Waals surface area (Å²) < 4.78 is 1.23. The highest BCUT2D eigenvalue weighted by Crippen LogP contribution is 2.25. The van der Waals surface area contributed by atoms with Crippen LogP contribution in [0.2, 0.25) is 0 Å². The van der Waals surface area contributed by atoms with Crippen molar-refractivity contribution in [3.05, 3.63) is 22.1 Å². The van der Waals surface area contributed by atoms with Crippen LogP contribution in [0.3, 0.4) is 0 Å². The monoisotopic (exact) mass is 280 g/mol. The molecular formula is C11H12N4O3S. The predicted octanol–water partition coefficient (Wildman–Crippen LogP) is 0.839. The first-order valence-electron chi connectivity index (χ1n) is 6.04. The summed E-state index contributed by atoms with van der Waals surface area (Å²) in [4.78, 5) is 28.7. The van der Waals surface area contributed by atoms with Crippen molar-refractivity contribution in [1.29, 1.82) is 0 Å². The molecule has 0 bridgehead atoms. The molecule has 19 heavy (non-hydrogen) atoms. The van der Waals surface area contributed by atoms with Crippen LogP contribution < -0.4 is 10.5 Å². The van der Waals surface area contributed by atoms with E-state index in [0.29, 0.717) is 4.96 Å². The number of nitrogens with zero attached hydrogens (tertiary/aromatic N) is 4. The lowest BCUT2D eigenvalue weighted by atomic mass is 10.1. The number of aromatic nitrogens is 3. The molecule has 1 fully saturated rings. The quantitative estimate of drug-likeness (QED) is 0.877. The summed E-state index contributed by atoms with van der Waals surface area (Å²) in [5.74, 6) is -1.18. The van der Waals surface area contributed by atoms with E-state index in [2.05, 4.69) is 15.0 Å². The van der Waals surface area contributed by atoms with Crippen molar-refractivity contribution in [1.82, 2.24) is 14.6 Å². The molecule has 1 saturated heterocycles. The Morgan fingerprint density at radius 3 is 2.74 bits per heavy atom. The zero-order valence-corrected chi connectivity index (χ0v) is 10.9. The summed E-state index contributed by atoms with van der Waals surface area (Å²) in [5.41, 5.74) is -0.694. The molecule has 0 aliphatic carbocycles. The molecule has 7 nitrogen and oxygen atoms in total. The molecule has 0 spiro atoms. The van der Waals surface area contributed by atoms with E-state index in [0.717, 1.165) is 37.1 Å². The molecule has 0 atom stereocenters. The van der Waals surface area contributed by atoms with Crippen molar-refractivity contribution in [2.24, 2.45) is 0 Å². The minimum atomic E-state index is -1.18. The minimum Gasteiger partial charge on any atom is -0.477 e. The summed E-state index contributed by atoms with van der Waals surface area (Å²) in [6.45, 7) is 1.82. The number of anilines is 1. The number of rotatable bonds is 2. The maximum Gasteiger partial charge on any atom is 0.354 e. The van der Waals surface area contributed by atoms with Crippen molar-refractivity contribution in [2.45, 2.75) is 19.3 Å². The first-order valence-corrected chi connectivity index (χ1v) is 6.86. The van der Waals surface area contributed by atoms with Gasteiger partial charge in [0.25, 0.3) is 5.56 Å². The van der Waals surface area contributed by atoms with Gasteiger partial charge in [-0.3, -0.25) is 4.79 Å². The largest absolute Gasteiger partial charge is 0.477 e. The lowest BCUT2D eigenvalue weighted by molar-refractivity contribution is 0.0687. The number of piperidine rings is 1. The number of fused-ring (bicyclic) bond motifs is 1. The summed E-state index contributed by atoms with van der Waals surface area (Å²) in [5, 5.41) is 14.1. The van der Waals surface area contributed by atoms with Gasteiger partial charge in [0.1, 0.15) is 0 Å². The zero-order chi connectivity index (χ0) is 13.4. The van der Waals surface area contributed by atoms with Gasteiger partial charge in [-0.25, -0.2) is 4.79 Å². The number of hydrogen-bond donors (Lipinski definition) is 1. The minimum absolute atomic E-state index is 0.144. The SMILES string of the molecule is O=C(O)c1cc(=O)nc2sc(N3CCCCC3)nn12. The number of hydrogen-bond acceptors (Lipinski definition) is 6. The van der Waals surface area contributed by atoms with Crippen LogP contribution in [-0.4, -0.2) is 38.8 Å². The zero-order valence-electron chi connectivity index (χ0n) is 10.1. The van der Waals surface area contributed by atoms with Crippen molar-refractivity contribution in [3.63, 3.8) is 0 Å². The smallest absolute Gasteiger partial charge is 0.354 e.